The Hall–Kier alpha value is -1.63. The van der Waals surface area contributed by atoms with Gasteiger partial charge in [-0.2, -0.15) is 13.2 Å². The smallest absolute Gasteiger partial charge is 0.289 e. The number of sulfone groups is 1. The SMILES string of the molecule is O=C(C1CC=CCC1S(=O)(=O)c1ccccc1)C(F)(F)F. The highest BCUT2D eigenvalue weighted by atomic mass is 32.2. The summed E-state index contributed by atoms with van der Waals surface area (Å²) in [7, 11) is -3.99. The van der Waals surface area contributed by atoms with Gasteiger partial charge in [0.15, 0.2) is 9.84 Å². The fourth-order valence-electron chi connectivity index (χ4n) is 2.40. The van der Waals surface area contributed by atoms with Crippen molar-refractivity contribution < 1.29 is 26.4 Å². The van der Waals surface area contributed by atoms with Crippen LogP contribution >= 0.6 is 0 Å². The van der Waals surface area contributed by atoms with Gasteiger partial charge in [0.05, 0.1) is 10.1 Å². The van der Waals surface area contributed by atoms with E-state index in [1.807, 2.05) is 0 Å². The van der Waals surface area contributed by atoms with Crippen LogP contribution in [-0.2, 0) is 14.6 Å². The summed E-state index contributed by atoms with van der Waals surface area (Å²) in [5, 5.41) is -1.38. The summed E-state index contributed by atoms with van der Waals surface area (Å²) in [6.07, 6.45) is -2.41. The molecule has 114 valence electrons. The van der Waals surface area contributed by atoms with Gasteiger partial charge in [-0.15, -0.1) is 0 Å². The summed E-state index contributed by atoms with van der Waals surface area (Å²) < 4.78 is 62.8. The number of benzene rings is 1. The molecule has 0 fully saturated rings. The third-order valence-electron chi connectivity index (χ3n) is 3.46. The summed E-state index contributed by atoms with van der Waals surface area (Å²) in [6, 6.07) is 7.24. The van der Waals surface area contributed by atoms with Crippen molar-refractivity contribution in [3.05, 3.63) is 42.5 Å². The van der Waals surface area contributed by atoms with E-state index >= 15 is 0 Å². The van der Waals surface area contributed by atoms with Crippen LogP contribution in [0.15, 0.2) is 47.4 Å². The molecular formula is C14H13F3O3S. The third kappa shape index (κ3) is 3.18. The lowest BCUT2D eigenvalue weighted by Gasteiger charge is -2.27. The minimum Gasteiger partial charge on any atom is -0.289 e. The molecule has 0 saturated carbocycles. The number of rotatable bonds is 3. The van der Waals surface area contributed by atoms with Gasteiger partial charge in [0.25, 0.3) is 0 Å². The lowest BCUT2D eigenvalue weighted by molar-refractivity contribution is -0.175. The molecule has 2 atom stereocenters. The molecule has 21 heavy (non-hydrogen) atoms. The van der Waals surface area contributed by atoms with Crippen LogP contribution in [0.2, 0.25) is 0 Å². The van der Waals surface area contributed by atoms with Crippen molar-refractivity contribution in [2.24, 2.45) is 5.92 Å². The van der Waals surface area contributed by atoms with E-state index in [4.69, 9.17) is 0 Å². The van der Waals surface area contributed by atoms with Crippen molar-refractivity contribution >= 4 is 15.6 Å². The Kier molecular flexibility index (Phi) is 4.22. The molecule has 2 unspecified atom stereocenters. The standard InChI is InChI=1S/C14H13F3O3S/c15-14(16,17)13(18)11-8-4-5-9-12(11)21(19,20)10-6-2-1-3-7-10/h1-7,11-12H,8-9H2. The van der Waals surface area contributed by atoms with Gasteiger partial charge in [-0.1, -0.05) is 30.4 Å². The molecule has 0 saturated heterocycles. The first-order valence-corrected chi connectivity index (χ1v) is 7.84. The minimum atomic E-state index is -5.03. The molecule has 1 aliphatic carbocycles. The number of hydrogen-bond donors (Lipinski definition) is 0. The second-order valence-electron chi connectivity index (χ2n) is 4.81. The third-order valence-corrected chi connectivity index (χ3v) is 5.71. The number of allylic oxidation sites excluding steroid dienone is 2. The average molecular weight is 318 g/mol. The molecule has 0 N–H and O–H groups in total. The largest absolute Gasteiger partial charge is 0.450 e. The molecular weight excluding hydrogens is 305 g/mol. The van der Waals surface area contributed by atoms with Crippen LogP contribution in [0.5, 0.6) is 0 Å². The zero-order chi connectivity index (χ0) is 15.7. The van der Waals surface area contributed by atoms with E-state index in [0.717, 1.165) is 0 Å². The van der Waals surface area contributed by atoms with E-state index in [1.54, 1.807) is 6.07 Å². The van der Waals surface area contributed by atoms with E-state index in [0.29, 0.717) is 0 Å². The Bertz CT molecular complexity index is 648. The van der Waals surface area contributed by atoms with Crippen LogP contribution in [-0.4, -0.2) is 25.6 Å². The van der Waals surface area contributed by atoms with Crippen LogP contribution in [0.3, 0.4) is 0 Å². The Labute approximate surface area is 120 Å². The summed E-state index contributed by atoms with van der Waals surface area (Å²) >= 11 is 0. The van der Waals surface area contributed by atoms with E-state index in [2.05, 4.69) is 0 Å². The van der Waals surface area contributed by atoms with Gasteiger partial charge in [0.2, 0.25) is 5.78 Å². The van der Waals surface area contributed by atoms with Crippen LogP contribution in [0.25, 0.3) is 0 Å². The molecule has 0 amide bonds. The molecule has 7 heteroatoms. The van der Waals surface area contributed by atoms with Gasteiger partial charge >= 0.3 is 6.18 Å². The van der Waals surface area contributed by atoms with E-state index < -0.39 is 33.0 Å². The molecule has 2 rings (SSSR count). The maximum absolute atomic E-state index is 12.6. The van der Waals surface area contributed by atoms with Gasteiger partial charge in [0.1, 0.15) is 0 Å². The Morgan fingerprint density at radius 2 is 1.62 bits per heavy atom. The number of Topliss-reactive ketones (excluding diaryl/α,β-unsaturated/α-hetero) is 1. The predicted octanol–water partition coefficient (Wildman–Crippen LogP) is 2.93. The highest BCUT2D eigenvalue weighted by molar-refractivity contribution is 7.92. The number of carbonyl (C=O) groups excluding carboxylic acids is 1. The number of ketones is 1. The zero-order valence-electron chi connectivity index (χ0n) is 10.9. The van der Waals surface area contributed by atoms with Gasteiger partial charge in [-0.05, 0) is 25.0 Å². The fraction of sp³-hybridized carbons (Fsp3) is 0.357. The highest BCUT2D eigenvalue weighted by Crippen LogP contribution is 2.34. The summed E-state index contributed by atoms with van der Waals surface area (Å²) in [5.74, 6) is -3.56. The van der Waals surface area contributed by atoms with Crippen molar-refractivity contribution in [2.45, 2.75) is 29.2 Å². The van der Waals surface area contributed by atoms with Gasteiger partial charge < -0.3 is 0 Å². The fourth-order valence-corrected chi connectivity index (χ4v) is 4.32. The molecule has 0 aliphatic heterocycles. The maximum Gasteiger partial charge on any atom is 0.450 e. The van der Waals surface area contributed by atoms with Gasteiger partial charge in [-0.25, -0.2) is 8.42 Å². The molecule has 0 bridgehead atoms. The monoisotopic (exact) mass is 318 g/mol. The summed E-state index contributed by atoms with van der Waals surface area (Å²) in [6.45, 7) is 0. The van der Waals surface area contributed by atoms with Crippen LogP contribution in [0, 0.1) is 5.92 Å². The average Bonchev–Trinajstić information content (AvgIpc) is 2.46. The van der Waals surface area contributed by atoms with Crippen molar-refractivity contribution in [1.29, 1.82) is 0 Å². The van der Waals surface area contributed by atoms with Crippen LogP contribution < -0.4 is 0 Å². The first kappa shape index (κ1) is 15.8. The van der Waals surface area contributed by atoms with Crippen LogP contribution in [0.4, 0.5) is 13.2 Å². The van der Waals surface area contributed by atoms with E-state index in [-0.39, 0.29) is 17.7 Å². The molecule has 3 nitrogen and oxygen atoms in total. The number of alkyl halides is 3. The lowest BCUT2D eigenvalue weighted by atomic mass is 9.89. The molecule has 0 aromatic heterocycles. The second kappa shape index (κ2) is 5.63. The summed E-state index contributed by atoms with van der Waals surface area (Å²) in [4.78, 5) is 11.4. The van der Waals surface area contributed by atoms with E-state index in [1.165, 1.54) is 36.4 Å². The quantitative estimate of drug-likeness (QED) is 0.805. The van der Waals surface area contributed by atoms with Crippen LogP contribution in [0.1, 0.15) is 12.8 Å². The van der Waals surface area contributed by atoms with Crippen molar-refractivity contribution in [3.63, 3.8) is 0 Å². The van der Waals surface area contributed by atoms with Crippen molar-refractivity contribution in [2.75, 3.05) is 0 Å². The predicted molar refractivity (Wildman–Crippen MR) is 70.3 cm³/mol. The first-order chi connectivity index (χ1) is 9.74. The minimum absolute atomic E-state index is 0.0646. The van der Waals surface area contributed by atoms with Gasteiger partial charge in [0, 0.05) is 5.92 Å². The second-order valence-corrected chi connectivity index (χ2v) is 6.97. The summed E-state index contributed by atoms with van der Waals surface area (Å²) in [5.41, 5.74) is 0. The Morgan fingerprint density at radius 1 is 1.05 bits per heavy atom. The topological polar surface area (TPSA) is 51.2 Å². The number of halogens is 3. The van der Waals surface area contributed by atoms with Gasteiger partial charge in [-0.3, -0.25) is 4.79 Å². The highest BCUT2D eigenvalue weighted by Gasteiger charge is 2.49. The Balaban J connectivity index is 2.41. The number of carbonyl (C=O) groups is 1. The molecule has 0 spiro atoms. The molecule has 1 aromatic rings. The molecule has 1 aromatic carbocycles. The first-order valence-electron chi connectivity index (χ1n) is 6.29. The molecule has 1 aliphatic rings. The maximum atomic E-state index is 12.6. The lowest BCUT2D eigenvalue weighted by Crippen LogP contribution is -2.42. The normalized spacial score (nSPS) is 23.0. The van der Waals surface area contributed by atoms with E-state index in [9.17, 15) is 26.4 Å². The van der Waals surface area contributed by atoms with Crippen molar-refractivity contribution in [3.8, 4) is 0 Å². The number of hydrogen-bond acceptors (Lipinski definition) is 3. The Morgan fingerprint density at radius 3 is 2.19 bits per heavy atom. The van der Waals surface area contributed by atoms with Crippen molar-refractivity contribution in [1.82, 2.24) is 0 Å². The molecule has 0 radical (unpaired) electrons. The zero-order valence-corrected chi connectivity index (χ0v) is 11.7. The molecule has 0 heterocycles.